The minimum Gasteiger partial charge on any atom is -0.359 e. The summed E-state index contributed by atoms with van der Waals surface area (Å²) >= 11 is 0. The van der Waals surface area contributed by atoms with Crippen LogP contribution in [0.1, 0.15) is 6.92 Å². The molecule has 1 aromatic heterocycles. The van der Waals surface area contributed by atoms with Gasteiger partial charge in [-0.25, -0.2) is 4.39 Å². The fourth-order valence-electron chi connectivity index (χ4n) is 3.45. The van der Waals surface area contributed by atoms with Crippen molar-refractivity contribution >= 4 is 16.8 Å². The predicted octanol–water partition coefficient (Wildman–Crippen LogP) is 2.16. The lowest BCUT2D eigenvalue weighted by Crippen LogP contribution is -2.48. The van der Waals surface area contributed by atoms with E-state index in [4.69, 9.17) is 4.52 Å². The van der Waals surface area contributed by atoms with Crippen LogP contribution in [0.25, 0.3) is 11.0 Å². The van der Waals surface area contributed by atoms with Gasteiger partial charge in [-0.3, -0.25) is 4.90 Å². The molecule has 7 heteroatoms. The van der Waals surface area contributed by atoms with Gasteiger partial charge in [0.2, 0.25) is 0 Å². The largest absolute Gasteiger partial charge is 0.359 e. The van der Waals surface area contributed by atoms with Crippen LogP contribution >= 0.6 is 0 Å². The molecule has 3 heterocycles. The molecule has 2 aliphatic rings. The summed E-state index contributed by atoms with van der Waals surface area (Å²) in [5, 5.41) is 5.04. The number of benzene rings is 1. The molecule has 6 nitrogen and oxygen atoms in total. The standard InChI is InChI=1S/C18H24FN5O/c1-2-21-5-7-23(14-21)8-6-22-9-11-24(12-10-22)18-16-4-3-15(19)13-17(16)25-20-18/h3-5,7,13H,2,6,8-12,14H2,1H3. The van der Waals surface area contributed by atoms with E-state index >= 15 is 0 Å². The van der Waals surface area contributed by atoms with Gasteiger partial charge in [-0.15, -0.1) is 0 Å². The summed E-state index contributed by atoms with van der Waals surface area (Å²) in [5.74, 6) is 0.535. The number of rotatable bonds is 5. The van der Waals surface area contributed by atoms with Crippen molar-refractivity contribution in [1.82, 2.24) is 19.9 Å². The molecule has 134 valence electrons. The number of nitrogens with zero attached hydrogens (tertiary/aromatic N) is 5. The molecule has 4 rings (SSSR count). The van der Waals surface area contributed by atoms with E-state index in [1.165, 1.54) is 12.1 Å². The minimum atomic E-state index is -0.294. The Morgan fingerprint density at radius 3 is 2.64 bits per heavy atom. The fourth-order valence-corrected chi connectivity index (χ4v) is 3.45. The molecular formula is C18H24FN5O. The third kappa shape index (κ3) is 3.42. The normalized spacial score (nSPS) is 18.7. The van der Waals surface area contributed by atoms with Crippen molar-refractivity contribution in [3.05, 3.63) is 36.4 Å². The van der Waals surface area contributed by atoms with Crippen LogP contribution in [-0.2, 0) is 0 Å². The van der Waals surface area contributed by atoms with Gasteiger partial charge in [-0.1, -0.05) is 5.16 Å². The van der Waals surface area contributed by atoms with Gasteiger partial charge in [0.15, 0.2) is 11.4 Å². The lowest BCUT2D eigenvalue weighted by Gasteiger charge is -2.35. The van der Waals surface area contributed by atoms with E-state index in [9.17, 15) is 4.39 Å². The first-order valence-electron chi connectivity index (χ1n) is 8.91. The highest BCUT2D eigenvalue weighted by molar-refractivity contribution is 5.88. The van der Waals surface area contributed by atoms with Gasteiger partial charge in [0.1, 0.15) is 5.82 Å². The molecule has 0 aliphatic carbocycles. The summed E-state index contributed by atoms with van der Waals surface area (Å²) in [6.07, 6.45) is 4.34. The molecule has 0 bridgehead atoms. The van der Waals surface area contributed by atoms with Crippen LogP contribution in [0.3, 0.4) is 0 Å². The first-order valence-corrected chi connectivity index (χ1v) is 8.91. The summed E-state index contributed by atoms with van der Waals surface area (Å²) in [6.45, 7) is 10.2. The van der Waals surface area contributed by atoms with Crippen LogP contribution in [0, 0.1) is 5.82 Å². The second-order valence-corrected chi connectivity index (χ2v) is 6.63. The zero-order chi connectivity index (χ0) is 17.2. The molecule has 1 saturated heterocycles. The highest BCUT2D eigenvalue weighted by Gasteiger charge is 2.22. The Bertz CT molecular complexity index is 753. The zero-order valence-electron chi connectivity index (χ0n) is 14.6. The summed E-state index contributed by atoms with van der Waals surface area (Å²) in [6, 6.07) is 4.61. The number of anilines is 1. The van der Waals surface area contributed by atoms with Crippen molar-refractivity contribution in [3.8, 4) is 0 Å². The molecule has 1 fully saturated rings. The molecule has 0 atom stereocenters. The molecule has 0 spiro atoms. The highest BCUT2D eigenvalue weighted by atomic mass is 19.1. The summed E-state index contributed by atoms with van der Waals surface area (Å²) in [7, 11) is 0. The second-order valence-electron chi connectivity index (χ2n) is 6.63. The molecular weight excluding hydrogens is 321 g/mol. The van der Waals surface area contributed by atoms with Crippen LogP contribution in [0.15, 0.2) is 35.1 Å². The second kappa shape index (κ2) is 6.92. The lowest BCUT2D eigenvalue weighted by atomic mass is 10.2. The van der Waals surface area contributed by atoms with E-state index in [-0.39, 0.29) is 5.82 Å². The van der Waals surface area contributed by atoms with E-state index in [0.29, 0.717) is 5.58 Å². The topological polar surface area (TPSA) is 39.0 Å². The number of aromatic nitrogens is 1. The van der Waals surface area contributed by atoms with Gasteiger partial charge in [0.05, 0.1) is 12.1 Å². The lowest BCUT2D eigenvalue weighted by molar-refractivity contribution is 0.206. The van der Waals surface area contributed by atoms with Crippen LogP contribution in [0.2, 0.25) is 0 Å². The third-order valence-corrected chi connectivity index (χ3v) is 5.05. The highest BCUT2D eigenvalue weighted by Crippen LogP contribution is 2.27. The number of hydrogen-bond acceptors (Lipinski definition) is 6. The monoisotopic (exact) mass is 345 g/mol. The Morgan fingerprint density at radius 1 is 1.08 bits per heavy atom. The number of fused-ring (bicyclic) bond motifs is 1. The molecule has 0 radical (unpaired) electrons. The summed E-state index contributed by atoms with van der Waals surface area (Å²) < 4.78 is 18.6. The van der Waals surface area contributed by atoms with Crippen LogP contribution in [0.4, 0.5) is 10.2 Å². The third-order valence-electron chi connectivity index (χ3n) is 5.05. The van der Waals surface area contributed by atoms with Crippen LogP contribution in [-0.4, -0.2) is 72.3 Å². The average molecular weight is 345 g/mol. The van der Waals surface area contributed by atoms with E-state index in [1.807, 2.05) is 0 Å². The maximum absolute atomic E-state index is 13.3. The number of piperazine rings is 1. The van der Waals surface area contributed by atoms with Gasteiger partial charge in [0, 0.05) is 64.3 Å². The zero-order valence-corrected chi connectivity index (χ0v) is 14.6. The van der Waals surface area contributed by atoms with Gasteiger partial charge in [-0.2, -0.15) is 0 Å². The average Bonchev–Trinajstić information content (AvgIpc) is 3.26. The smallest absolute Gasteiger partial charge is 0.180 e. The first kappa shape index (κ1) is 16.2. The van der Waals surface area contributed by atoms with Crippen molar-refractivity contribution < 1.29 is 8.91 Å². The molecule has 1 aromatic carbocycles. The van der Waals surface area contributed by atoms with Gasteiger partial charge < -0.3 is 19.2 Å². The Labute approximate surface area is 147 Å². The van der Waals surface area contributed by atoms with Gasteiger partial charge in [0.25, 0.3) is 0 Å². The number of hydrogen-bond donors (Lipinski definition) is 0. The molecule has 0 N–H and O–H groups in total. The fraction of sp³-hybridized carbons (Fsp3) is 0.500. The quantitative estimate of drug-likeness (QED) is 0.827. The SMILES string of the molecule is CCN1C=CN(CCN2CCN(c3noc4cc(F)ccc34)CC2)C1. The van der Waals surface area contributed by atoms with E-state index in [2.05, 4.69) is 44.1 Å². The van der Waals surface area contributed by atoms with Crippen molar-refractivity contribution in [2.45, 2.75) is 6.92 Å². The van der Waals surface area contributed by atoms with Gasteiger partial charge in [-0.05, 0) is 19.1 Å². The van der Waals surface area contributed by atoms with Crippen molar-refractivity contribution in [2.24, 2.45) is 0 Å². The molecule has 2 aliphatic heterocycles. The molecule has 0 amide bonds. The predicted molar refractivity (Wildman–Crippen MR) is 95.7 cm³/mol. The Kier molecular flexibility index (Phi) is 4.48. The van der Waals surface area contributed by atoms with E-state index in [0.717, 1.165) is 63.7 Å². The maximum atomic E-state index is 13.3. The summed E-state index contributed by atoms with van der Waals surface area (Å²) in [4.78, 5) is 9.38. The molecule has 0 saturated carbocycles. The summed E-state index contributed by atoms with van der Waals surface area (Å²) in [5.41, 5.74) is 0.513. The maximum Gasteiger partial charge on any atom is 0.180 e. The number of halogens is 1. The van der Waals surface area contributed by atoms with E-state index < -0.39 is 0 Å². The van der Waals surface area contributed by atoms with Crippen molar-refractivity contribution in [3.63, 3.8) is 0 Å². The van der Waals surface area contributed by atoms with Crippen molar-refractivity contribution in [2.75, 3.05) is 57.4 Å². The Balaban J connectivity index is 1.30. The Hall–Kier alpha value is -2.28. The molecule has 0 unspecified atom stereocenters. The molecule has 2 aromatic rings. The van der Waals surface area contributed by atoms with Crippen molar-refractivity contribution in [1.29, 1.82) is 0 Å². The van der Waals surface area contributed by atoms with Gasteiger partial charge >= 0.3 is 0 Å². The Morgan fingerprint density at radius 2 is 1.88 bits per heavy atom. The first-order chi connectivity index (χ1) is 12.2. The minimum absolute atomic E-state index is 0.294. The van der Waals surface area contributed by atoms with E-state index in [1.54, 1.807) is 6.07 Å². The van der Waals surface area contributed by atoms with Crippen LogP contribution < -0.4 is 4.90 Å². The van der Waals surface area contributed by atoms with Crippen LogP contribution in [0.5, 0.6) is 0 Å². The molecule has 25 heavy (non-hydrogen) atoms.